The van der Waals surface area contributed by atoms with Crippen molar-refractivity contribution in [3.8, 4) is 0 Å². The van der Waals surface area contributed by atoms with Crippen LogP contribution in [0.25, 0.3) is 0 Å². The van der Waals surface area contributed by atoms with Crippen LogP contribution in [0.5, 0.6) is 0 Å². The van der Waals surface area contributed by atoms with Crippen LogP contribution in [-0.2, 0) is 4.74 Å². The number of carbonyl (C=O) groups is 1. The molecule has 0 saturated carbocycles. The molecule has 1 amide bonds. The third-order valence-electron chi connectivity index (χ3n) is 4.16. The van der Waals surface area contributed by atoms with Crippen molar-refractivity contribution >= 4 is 5.91 Å². The zero-order valence-corrected chi connectivity index (χ0v) is 13.0. The van der Waals surface area contributed by atoms with E-state index < -0.39 is 0 Å². The number of ether oxygens (including phenoxy) is 1. The number of carbonyl (C=O) groups excluding carboxylic acids is 1. The van der Waals surface area contributed by atoms with Crippen LogP contribution in [0.2, 0.25) is 0 Å². The van der Waals surface area contributed by atoms with E-state index >= 15 is 0 Å². The van der Waals surface area contributed by atoms with Crippen molar-refractivity contribution in [3.05, 3.63) is 71.3 Å². The molecule has 3 heteroatoms. The van der Waals surface area contributed by atoms with Crippen LogP contribution in [0.1, 0.15) is 47.5 Å². The average Bonchev–Trinajstić information content (AvgIpc) is 3.37. The van der Waals surface area contributed by atoms with Gasteiger partial charge in [-0.15, -0.1) is 0 Å². The molecule has 2 aromatic carbocycles. The van der Waals surface area contributed by atoms with Gasteiger partial charge >= 0.3 is 0 Å². The standard InChI is InChI=1S/C19H21NO2/c1-3-20(4-2)19(21)16-12-10-15(11-13-16)18-17(22-18)14-8-6-5-7-9-14/h5-13,17-18H,3-4H2,1-2H3/t17-,18+/m0/s1. The van der Waals surface area contributed by atoms with Gasteiger partial charge in [0.2, 0.25) is 0 Å². The minimum absolute atomic E-state index is 0.0906. The molecule has 0 radical (unpaired) electrons. The summed E-state index contributed by atoms with van der Waals surface area (Å²) in [4.78, 5) is 14.1. The van der Waals surface area contributed by atoms with Gasteiger partial charge in [0.1, 0.15) is 12.2 Å². The number of amides is 1. The molecule has 0 bridgehead atoms. The van der Waals surface area contributed by atoms with Gasteiger partial charge < -0.3 is 9.64 Å². The highest BCUT2D eigenvalue weighted by atomic mass is 16.6. The molecule has 3 nitrogen and oxygen atoms in total. The summed E-state index contributed by atoms with van der Waals surface area (Å²) in [6.07, 6.45) is 0.255. The maximum absolute atomic E-state index is 12.3. The molecule has 2 aromatic rings. The predicted octanol–water partition coefficient (Wildman–Crippen LogP) is 3.98. The maximum atomic E-state index is 12.3. The molecule has 1 aliphatic heterocycles. The Bertz CT molecular complexity index is 632. The first-order valence-corrected chi connectivity index (χ1v) is 7.84. The van der Waals surface area contributed by atoms with E-state index in [9.17, 15) is 4.79 Å². The molecular weight excluding hydrogens is 274 g/mol. The summed E-state index contributed by atoms with van der Waals surface area (Å²) >= 11 is 0. The van der Waals surface area contributed by atoms with Gasteiger partial charge in [0.05, 0.1) is 0 Å². The fourth-order valence-corrected chi connectivity index (χ4v) is 2.77. The molecule has 1 fully saturated rings. The van der Waals surface area contributed by atoms with Crippen molar-refractivity contribution in [1.82, 2.24) is 4.90 Å². The molecule has 3 rings (SSSR count). The Balaban J connectivity index is 1.70. The van der Waals surface area contributed by atoms with E-state index in [2.05, 4.69) is 12.1 Å². The summed E-state index contributed by atoms with van der Waals surface area (Å²) < 4.78 is 5.78. The largest absolute Gasteiger partial charge is 0.359 e. The number of nitrogens with zero attached hydrogens (tertiary/aromatic N) is 1. The highest BCUT2D eigenvalue weighted by molar-refractivity contribution is 5.94. The fraction of sp³-hybridized carbons (Fsp3) is 0.316. The van der Waals surface area contributed by atoms with Crippen LogP contribution in [0.4, 0.5) is 0 Å². The number of rotatable bonds is 5. The summed E-state index contributed by atoms with van der Waals surface area (Å²) in [6, 6.07) is 18.0. The molecule has 114 valence electrons. The average molecular weight is 295 g/mol. The second kappa shape index (κ2) is 6.32. The van der Waals surface area contributed by atoms with E-state index in [4.69, 9.17) is 4.74 Å². The number of benzene rings is 2. The Morgan fingerprint density at radius 3 is 2.00 bits per heavy atom. The summed E-state index contributed by atoms with van der Waals surface area (Å²) in [5.41, 5.74) is 3.07. The lowest BCUT2D eigenvalue weighted by atomic mass is 10.0. The molecule has 1 heterocycles. The SMILES string of the molecule is CCN(CC)C(=O)c1ccc([C@H]2O[C@H]2c2ccccc2)cc1. The first-order chi connectivity index (χ1) is 10.7. The normalized spacial score (nSPS) is 19.7. The third kappa shape index (κ3) is 2.90. The van der Waals surface area contributed by atoms with E-state index in [1.54, 1.807) is 0 Å². The van der Waals surface area contributed by atoms with Crippen LogP contribution in [0.15, 0.2) is 54.6 Å². The Labute approximate surface area is 131 Å². The monoisotopic (exact) mass is 295 g/mol. The van der Waals surface area contributed by atoms with Crippen molar-refractivity contribution in [2.24, 2.45) is 0 Å². The molecule has 1 aliphatic rings. The van der Waals surface area contributed by atoms with Crippen LogP contribution in [0, 0.1) is 0 Å². The van der Waals surface area contributed by atoms with E-state index in [0.717, 1.165) is 24.2 Å². The van der Waals surface area contributed by atoms with E-state index in [-0.39, 0.29) is 18.1 Å². The molecule has 0 unspecified atom stereocenters. The third-order valence-corrected chi connectivity index (χ3v) is 4.16. The second-order valence-electron chi connectivity index (χ2n) is 5.49. The summed E-state index contributed by atoms with van der Waals surface area (Å²) in [7, 11) is 0. The van der Waals surface area contributed by atoms with Gasteiger partial charge in [-0.05, 0) is 37.1 Å². The van der Waals surface area contributed by atoms with Crippen molar-refractivity contribution in [1.29, 1.82) is 0 Å². The highest BCUT2D eigenvalue weighted by Gasteiger charge is 2.41. The Morgan fingerprint density at radius 1 is 0.909 bits per heavy atom. The Hall–Kier alpha value is -2.13. The molecule has 0 aromatic heterocycles. The van der Waals surface area contributed by atoms with Crippen molar-refractivity contribution in [2.45, 2.75) is 26.1 Å². The number of epoxide rings is 1. The zero-order valence-electron chi connectivity index (χ0n) is 13.0. The number of hydrogen-bond acceptors (Lipinski definition) is 2. The molecule has 0 aliphatic carbocycles. The van der Waals surface area contributed by atoms with Gasteiger partial charge in [-0.3, -0.25) is 4.79 Å². The minimum atomic E-state index is 0.0906. The van der Waals surface area contributed by atoms with Crippen LogP contribution in [-0.4, -0.2) is 23.9 Å². The topological polar surface area (TPSA) is 32.8 Å². The fourth-order valence-electron chi connectivity index (χ4n) is 2.77. The molecule has 1 saturated heterocycles. The lowest BCUT2D eigenvalue weighted by Gasteiger charge is -2.18. The van der Waals surface area contributed by atoms with Gasteiger partial charge in [0.25, 0.3) is 5.91 Å². The van der Waals surface area contributed by atoms with Gasteiger partial charge in [0, 0.05) is 18.7 Å². The second-order valence-corrected chi connectivity index (χ2v) is 5.49. The van der Waals surface area contributed by atoms with Crippen LogP contribution < -0.4 is 0 Å². The molecule has 0 spiro atoms. The molecule has 22 heavy (non-hydrogen) atoms. The predicted molar refractivity (Wildman–Crippen MR) is 86.7 cm³/mol. The first-order valence-electron chi connectivity index (χ1n) is 7.84. The van der Waals surface area contributed by atoms with Gasteiger partial charge in [-0.1, -0.05) is 42.5 Å². The summed E-state index contributed by atoms with van der Waals surface area (Å²) in [5, 5.41) is 0. The maximum Gasteiger partial charge on any atom is 0.253 e. The molecule has 2 atom stereocenters. The molecular formula is C19H21NO2. The smallest absolute Gasteiger partial charge is 0.253 e. The van der Waals surface area contributed by atoms with Crippen molar-refractivity contribution < 1.29 is 9.53 Å². The van der Waals surface area contributed by atoms with Gasteiger partial charge in [-0.2, -0.15) is 0 Å². The zero-order chi connectivity index (χ0) is 15.5. The van der Waals surface area contributed by atoms with Gasteiger partial charge in [-0.25, -0.2) is 0 Å². The first kappa shape index (κ1) is 14.8. The lowest BCUT2D eigenvalue weighted by molar-refractivity contribution is 0.0773. The quantitative estimate of drug-likeness (QED) is 0.782. The molecule has 0 N–H and O–H groups in total. The van der Waals surface area contributed by atoms with Gasteiger partial charge in [0.15, 0.2) is 0 Å². The number of hydrogen-bond donors (Lipinski definition) is 0. The van der Waals surface area contributed by atoms with E-state index in [1.165, 1.54) is 5.56 Å². The Kier molecular flexibility index (Phi) is 4.25. The minimum Gasteiger partial charge on any atom is -0.359 e. The van der Waals surface area contributed by atoms with Crippen molar-refractivity contribution in [2.75, 3.05) is 13.1 Å². The highest BCUT2D eigenvalue weighted by Crippen LogP contribution is 2.50. The summed E-state index contributed by atoms with van der Waals surface area (Å²) in [5.74, 6) is 0.0906. The summed E-state index contributed by atoms with van der Waals surface area (Å²) in [6.45, 7) is 5.47. The van der Waals surface area contributed by atoms with Crippen molar-refractivity contribution in [3.63, 3.8) is 0 Å². The lowest BCUT2D eigenvalue weighted by Crippen LogP contribution is -2.30. The van der Waals surface area contributed by atoms with Crippen LogP contribution in [0.3, 0.4) is 0 Å². The van der Waals surface area contributed by atoms with Crippen LogP contribution >= 0.6 is 0 Å². The Morgan fingerprint density at radius 2 is 1.45 bits per heavy atom. The van der Waals surface area contributed by atoms with E-state index in [1.807, 2.05) is 61.2 Å². The van der Waals surface area contributed by atoms with E-state index in [0.29, 0.717) is 0 Å².